The lowest BCUT2D eigenvalue weighted by Crippen LogP contribution is -2.44. The second kappa shape index (κ2) is 6.66. The molecule has 0 amide bonds. The molecule has 0 radical (unpaired) electrons. The molecule has 4 rings (SSSR count). The number of fused-ring (bicyclic) bond motifs is 1. The molecule has 142 valence electrons. The fourth-order valence-electron chi connectivity index (χ4n) is 3.58. The van der Waals surface area contributed by atoms with Gasteiger partial charge in [-0.05, 0) is 37.4 Å². The van der Waals surface area contributed by atoms with Gasteiger partial charge in [0.2, 0.25) is 5.75 Å². The Labute approximate surface area is 158 Å². The Morgan fingerprint density at radius 1 is 1.00 bits per heavy atom. The third kappa shape index (κ3) is 3.04. The molecule has 1 aliphatic rings. The smallest absolute Gasteiger partial charge is 0.200 e. The Morgan fingerprint density at radius 3 is 2.44 bits per heavy atom. The van der Waals surface area contributed by atoms with Crippen LogP contribution in [-0.4, -0.2) is 65.0 Å². The largest absolute Gasteiger partial charge is 0.504 e. The van der Waals surface area contributed by atoms with Crippen molar-refractivity contribution in [3.8, 4) is 28.6 Å². The highest BCUT2D eigenvalue weighted by molar-refractivity contribution is 5.84. The summed E-state index contributed by atoms with van der Waals surface area (Å²) in [7, 11) is 5.56. The summed E-state index contributed by atoms with van der Waals surface area (Å²) in [5, 5.41) is 19.9. The fourth-order valence-corrected chi connectivity index (χ4v) is 3.58. The van der Waals surface area contributed by atoms with Gasteiger partial charge < -0.3 is 29.3 Å². The number of phenols is 2. The number of benzene rings is 2. The van der Waals surface area contributed by atoms with Crippen LogP contribution in [0, 0.1) is 0 Å². The van der Waals surface area contributed by atoms with Gasteiger partial charge in [-0.2, -0.15) is 0 Å². The maximum atomic E-state index is 10.00. The van der Waals surface area contributed by atoms with Crippen LogP contribution in [0.2, 0.25) is 0 Å². The Morgan fingerprint density at radius 2 is 1.74 bits per heavy atom. The monoisotopic (exact) mass is 368 g/mol. The number of aryl methyl sites for hydroxylation is 1. The molecule has 1 aliphatic heterocycles. The number of anilines is 1. The standard InChI is InChI=1S/C20H24N4O3/c1-22-6-8-24(9-7-22)14-4-5-15-16(12-14)23(2)20(21-15)13-10-17(25)19(26)18(11-13)27-3/h4-5,10-12,25-26H,6-9H2,1-3H3. The van der Waals surface area contributed by atoms with Crippen molar-refractivity contribution < 1.29 is 14.9 Å². The van der Waals surface area contributed by atoms with Crippen LogP contribution in [0.4, 0.5) is 5.69 Å². The molecule has 0 aliphatic carbocycles. The van der Waals surface area contributed by atoms with Crippen molar-refractivity contribution in [2.75, 3.05) is 45.2 Å². The van der Waals surface area contributed by atoms with Crippen molar-refractivity contribution in [2.24, 2.45) is 7.05 Å². The van der Waals surface area contributed by atoms with E-state index < -0.39 is 0 Å². The molecule has 27 heavy (non-hydrogen) atoms. The van der Waals surface area contributed by atoms with Gasteiger partial charge in [-0.1, -0.05) is 0 Å². The number of aromatic hydroxyl groups is 2. The summed E-state index contributed by atoms with van der Waals surface area (Å²) in [5.74, 6) is 0.427. The van der Waals surface area contributed by atoms with Crippen LogP contribution >= 0.6 is 0 Å². The maximum absolute atomic E-state index is 10.00. The van der Waals surface area contributed by atoms with Gasteiger partial charge in [0.05, 0.1) is 18.1 Å². The normalized spacial score (nSPS) is 15.4. The van der Waals surface area contributed by atoms with Crippen LogP contribution in [0.15, 0.2) is 30.3 Å². The number of imidazole rings is 1. The first kappa shape index (κ1) is 17.5. The first-order valence-corrected chi connectivity index (χ1v) is 8.98. The van der Waals surface area contributed by atoms with Gasteiger partial charge in [0.15, 0.2) is 11.5 Å². The first-order valence-electron chi connectivity index (χ1n) is 8.98. The molecular weight excluding hydrogens is 344 g/mol. The zero-order valence-corrected chi connectivity index (χ0v) is 15.8. The minimum absolute atomic E-state index is 0.218. The van der Waals surface area contributed by atoms with E-state index in [0.717, 1.165) is 37.2 Å². The summed E-state index contributed by atoms with van der Waals surface area (Å²) in [6, 6.07) is 9.48. The van der Waals surface area contributed by atoms with Gasteiger partial charge in [0.1, 0.15) is 5.82 Å². The molecule has 0 unspecified atom stereocenters. The summed E-state index contributed by atoms with van der Waals surface area (Å²) in [5.41, 5.74) is 3.78. The van der Waals surface area contributed by atoms with Crippen molar-refractivity contribution in [3.05, 3.63) is 30.3 Å². The van der Waals surface area contributed by atoms with Crippen LogP contribution in [0.3, 0.4) is 0 Å². The average Bonchev–Trinajstić information content (AvgIpc) is 3.00. The van der Waals surface area contributed by atoms with Gasteiger partial charge in [-0.25, -0.2) is 4.98 Å². The van der Waals surface area contributed by atoms with Crippen LogP contribution in [0.1, 0.15) is 0 Å². The van der Waals surface area contributed by atoms with Gasteiger partial charge in [-0.3, -0.25) is 0 Å². The van der Waals surface area contributed by atoms with Crippen molar-refractivity contribution in [1.29, 1.82) is 0 Å². The molecule has 3 aromatic rings. The molecule has 2 N–H and O–H groups in total. The van der Waals surface area contributed by atoms with E-state index in [1.165, 1.54) is 18.9 Å². The van der Waals surface area contributed by atoms with Gasteiger partial charge in [0, 0.05) is 44.5 Å². The lowest BCUT2D eigenvalue weighted by molar-refractivity contribution is 0.313. The summed E-state index contributed by atoms with van der Waals surface area (Å²) < 4.78 is 7.15. The Hall–Kier alpha value is -2.93. The van der Waals surface area contributed by atoms with Crippen LogP contribution in [0.5, 0.6) is 17.2 Å². The number of hydrogen-bond acceptors (Lipinski definition) is 6. The van der Waals surface area contributed by atoms with E-state index in [2.05, 4.69) is 29.0 Å². The Bertz CT molecular complexity index is 991. The third-order valence-electron chi connectivity index (χ3n) is 5.27. The number of aromatic nitrogens is 2. The number of rotatable bonds is 3. The van der Waals surface area contributed by atoms with E-state index >= 15 is 0 Å². The lowest BCUT2D eigenvalue weighted by Gasteiger charge is -2.34. The molecule has 0 bridgehead atoms. The molecule has 2 aromatic carbocycles. The highest BCUT2D eigenvalue weighted by atomic mass is 16.5. The quantitative estimate of drug-likeness (QED) is 0.692. The predicted octanol–water partition coefficient (Wildman–Crippen LogP) is 2.41. The van der Waals surface area contributed by atoms with Crippen LogP contribution < -0.4 is 9.64 Å². The lowest BCUT2D eigenvalue weighted by atomic mass is 10.1. The third-order valence-corrected chi connectivity index (χ3v) is 5.27. The molecular formula is C20H24N4O3. The van der Waals surface area contributed by atoms with E-state index in [-0.39, 0.29) is 17.2 Å². The van der Waals surface area contributed by atoms with Crippen molar-refractivity contribution in [2.45, 2.75) is 0 Å². The van der Waals surface area contributed by atoms with Gasteiger partial charge in [-0.15, -0.1) is 0 Å². The van der Waals surface area contributed by atoms with Crippen LogP contribution in [0.25, 0.3) is 22.4 Å². The van der Waals surface area contributed by atoms with E-state index in [1.54, 1.807) is 6.07 Å². The molecule has 2 heterocycles. The topological polar surface area (TPSA) is 74.0 Å². The first-order chi connectivity index (χ1) is 13.0. The minimum atomic E-state index is -0.266. The second-order valence-corrected chi connectivity index (χ2v) is 7.00. The Balaban J connectivity index is 1.76. The maximum Gasteiger partial charge on any atom is 0.200 e. The van der Waals surface area contributed by atoms with Crippen LogP contribution in [-0.2, 0) is 7.05 Å². The number of ether oxygens (including phenoxy) is 1. The average molecular weight is 368 g/mol. The molecule has 0 saturated carbocycles. The number of phenolic OH excluding ortho intramolecular Hbond substituents is 2. The van der Waals surface area contributed by atoms with Gasteiger partial charge >= 0.3 is 0 Å². The number of nitrogens with zero attached hydrogens (tertiary/aromatic N) is 4. The van der Waals surface area contributed by atoms with Crippen molar-refractivity contribution in [1.82, 2.24) is 14.5 Å². The van der Waals surface area contributed by atoms with Crippen molar-refractivity contribution >= 4 is 16.7 Å². The summed E-state index contributed by atoms with van der Waals surface area (Å²) >= 11 is 0. The fraction of sp³-hybridized carbons (Fsp3) is 0.350. The molecule has 7 heteroatoms. The van der Waals surface area contributed by atoms with Crippen molar-refractivity contribution in [3.63, 3.8) is 0 Å². The van der Waals surface area contributed by atoms with E-state index in [4.69, 9.17) is 9.72 Å². The van der Waals surface area contributed by atoms with E-state index in [0.29, 0.717) is 11.4 Å². The summed E-state index contributed by atoms with van der Waals surface area (Å²) in [6.45, 7) is 4.13. The minimum Gasteiger partial charge on any atom is -0.504 e. The SMILES string of the molecule is COc1cc(-c2nc3ccc(N4CCN(C)CC4)cc3n2C)cc(O)c1O. The highest BCUT2D eigenvalue weighted by Crippen LogP contribution is 2.40. The molecule has 0 atom stereocenters. The summed E-state index contributed by atoms with van der Waals surface area (Å²) in [4.78, 5) is 9.44. The molecule has 1 saturated heterocycles. The molecule has 1 fully saturated rings. The van der Waals surface area contributed by atoms with Gasteiger partial charge in [0.25, 0.3) is 0 Å². The summed E-state index contributed by atoms with van der Waals surface area (Å²) in [6.07, 6.45) is 0. The molecule has 7 nitrogen and oxygen atoms in total. The second-order valence-electron chi connectivity index (χ2n) is 7.00. The number of likely N-dealkylation sites (N-methyl/N-ethyl adjacent to an activating group) is 1. The molecule has 1 aromatic heterocycles. The number of methoxy groups -OCH3 is 1. The number of piperazine rings is 1. The zero-order valence-electron chi connectivity index (χ0n) is 15.8. The number of hydrogen-bond donors (Lipinski definition) is 2. The molecule has 0 spiro atoms. The zero-order chi connectivity index (χ0) is 19.1. The predicted molar refractivity (Wildman–Crippen MR) is 106 cm³/mol. The highest BCUT2D eigenvalue weighted by Gasteiger charge is 2.18. The van der Waals surface area contributed by atoms with E-state index in [1.807, 2.05) is 17.7 Å². The Kier molecular flexibility index (Phi) is 4.31. The van der Waals surface area contributed by atoms with E-state index in [9.17, 15) is 10.2 Å².